The lowest BCUT2D eigenvalue weighted by Gasteiger charge is -2.10. The van der Waals surface area contributed by atoms with E-state index in [9.17, 15) is 22.8 Å². The van der Waals surface area contributed by atoms with Gasteiger partial charge in [0, 0.05) is 29.5 Å². The summed E-state index contributed by atoms with van der Waals surface area (Å²) in [5, 5.41) is 6.14. The highest BCUT2D eigenvalue weighted by Gasteiger charge is 2.37. The van der Waals surface area contributed by atoms with Crippen molar-refractivity contribution < 1.29 is 27.5 Å². The van der Waals surface area contributed by atoms with Crippen LogP contribution in [0, 0.1) is 0 Å². The van der Waals surface area contributed by atoms with Gasteiger partial charge in [0.25, 0.3) is 5.91 Å². The maximum Gasteiger partial charge on any atom is 0.433 e. The minimum absolute atomic E-state index is 0.0121. The molecule has 0 radical (unpaired) electrons. The number of allylic oxidation sites excluding steroid dienone is 1. The number of carbonyl (C=O) groups excluding carboxylic acids is 2. The third kappa shape index (κ3) is 4.26. The molecule has 10 heteroatoms. The number of aromatic nitrogens is 3. The summed E-state index contributed by atoms with van der Waals surface area (Å²) in [6.07, 6.45) is -1.98. The Hall–Kier alpha value is -2.91. The summed E-state index contributed by atoms with van der Waals surface area (Å²) in [5.41, 5.74) is -0.744. The lowest BCUT2D eigenvalue weighted by Crippen LogP contribution is -2.23. The fourth-order valence-electron chi connectivity index (χ4n) is 2.53. The summed E-state index contributed by atoms with van der Waals surface area (Å²) in [6.45, 7) is 3.27. The van der Waals surface area contributed by atoms with Crippen molar-refractivity contribution in [1.29, 1.82) is 0 Å². The van der Waals surface area contributed by atoms with Gasteiger partial charge >= 0.3 is 12.1 Å². The molecule has 3 rings (SSSR count). The summed E-state index contributed by atoms with van der Waals surface area (Å²) in [7, 11) is 0. The van der Waals surface area contributed by atoms with Gasteiger partial charge < -0.3 is 10.1 Å². The molecule has 1 saturated carbocycles. The van der Waals surface area contributed by atoms with Crippen molar-refractivity contribution in [2.45, 2.75) is 38.8 Å². The number of alkyl halides is 3. The Balaban J connectivity index is 1.91. The fourth-order valence-corrected chi connectivity index (χ4v) is 2.53. The van der Waals surface area contributed by atoms with Crippen molar-refractivity contribution in [3.63, 3.8) is 0 Å². The molecule has 0 atom stereocenters. The van der Waals surface area contributed by atoms with Gasteiger partial charge in [-0.2, -0.15) is 18.3 Å². The molecule has 0 unspecified atom stereocenters. The van der Waals surface area contributed by atoms with Gasteiger partial charge in [-0.05, 0) is 32.8 Å². The lowest BCUT2D eigenvalue weighted by atomic mass is 10.2. The second-order valence-electron chi connectivity index (χ2n) is 6.17. The molecule has 1 N–H and O–H groups in total. The number of rotatable bonds is 5. The Morgan fingerprint density at radius 2 is 2.07 bits per heavy atom. The Bertz CT molecular complexity index is 929. The minimum atomic E-state index is -4.63. The molecule has 1 fully saturated rings. The van der Waals surface area contributed by atoms with Crippen LogP contribution in [0.2, 0.25) is 0 Å². The van der Waals surface area contributed by atoms with Gasteiger partial charge in [0.1, 0.15) is 5.69 Å². The fraction of sp³-hybridized carbons (Fsp3) is 0.412. The average molecular weight is 382 g/mol. The lowest BCUT2D eigenvalue weighted by molar-refractivity contribution is -0.142. The van der Waals surface area contributed by atoms with Crippen molar-refractivity contribution in [2.24, 2.45) is 0 Å². The highest BCUT2D eigenvalue weighted by atomic mass is 19.4. The molecule has 0 aliphatic heterocycles. The van der Waals surface area contributed by atoms with E-state index in [2.05, 4.69) is 15.4 Å². The first-order chi connectivity index (χ1) is 12.7. The standard InChI is InChI=1S/C17H17F3N4O3/c1-3-27-15(25)6-9(2)21-16(26)12-8-14-22-11(10-4-5-10)7-13(17(18,19)20)24(14)23-12/h6-8,10H,3-5H2,1-2H3,(H,21,26)/b9-6+. The highest BCUT2D eigenvalue weighted by molar-refractivity contribution is 5.95. The molecular formula is C17H17F3N4O3. The summed E-state index contributed by atoms with van der Waals surface area (Å²) in [6, 6.07) is 2.17. The first-order valence-electron chi connectivity index (χ1n) is 8.33. The van der Waals surface area contributed by atoms with Crippen LogP contribution in [0.25, 0.3) is 5.65 Å². The van der Waals surface area contributed by atoms with Gasteiger partial charge in [-0.1, -0.05) is 0 Å². The molecule has 7 nitrogen and oxygen atoms in total. The van der Waals surface area contributed by atoms with Gasteiger partial charge in [-0.25, -0.2) is 14.3 Å². The van der Waals surface area contributed by atoms with Crippen molar-refractivity contribution >= 4 is 17.5 Å². The molecule has 1 aliphatic rings. The van der Waals surface area contributed by atoms with E-state index in [4.69, 9.17) is 4.74 Å². The van der Waals surface area contributed by atoms with Crippen LogP contribution in [0.4, 0.5) is 13.2 Å². The van der Waals surface area contributed by atoms with Gasteiger partial charge in [0.15, 0.2) is 11.3 Å². The van der Waals surface area contributed by atoms with E-state index in [1.54, 1.807) is 6.92 Å². The Morgan fingerprint density at radius 1 is 1.37 bits per heavy atom. The van der Waals surface area contributed by atoms with E-state index in [1.165, 1.54) is 13.0 Å². The second-order valence-corrected chi connectivity index (χ2v) is 6.17. The predicted molar refractivity (Wildman–Crippen MR) is 87.8 cm³/mol. The van der Waals surface area contributed by atoms with E-state index in [1.807, 2.05) is 0 Å². The molecule has 0 spiro atoms. The van der Waals surface area contributed by atoms with Crippen LogP contribution in [0.5, 0.6) is 0 Å². The number of halogens is 3. The van der Waals surface area contributed by atoms with E-state index in [0.29, 0.717) is 10.2 Å². The topological polar surface area (TPSA) is 85.6 Å². The molecule has 2 aromatic rings. The molecule has 0 aromatic carbocycles. The first-order valence-corrected chi connectivity index (χ1v) is 8.33. The zero-order chi connectivity index (χ0) is 19.8. The number of hydrogen-bond acceptors (Lipinski definition) is 5. The molecule has 0 bridgehead atoms. The second kappa shape index (κ2) is 7.01. The highest BCUT2D eigenvalue weighted by Crippen LogP contribution is 2.41. The normalized spacial score (nSPS) is 15.1. The average Bonchev–Trinajstić information content (AvgIpc) is 3.31. The maximum absolute atomic E-state index is 13.4. The predicted octanol–water partition coefficient (Wildman–Crippen LogP) is 2.82. The van der Waals surface area contributed by atoms with E-state index in [0.717, 1.165) is 25.0 Å². The molecule has 144 valence electrons. The number of nitrogens with one attached hydrogen (secondary N) is 1. The number of esters is 1. The summed E-state index contributed by atoms with van der Waals surface area (Å²) in [5.74, 6) is -1.38. The zero-order valence-corrected chi connectivity index (χ0v) is 14.6. The van der Waals surface area contributed by atoms with Crippen molar-refractivity contribution in [2.75, 3.05) is 6.61 Å². The number of nitrogens with zero attached hydrogens (tertiary/aromatic N) is 3. The first kappa shape index (κ1) is 18.9. The van der Waals surface area contributed by atoms with Gasteiger partial charge in [-0.3, -0.25) is 4.79 Å². The summed E-state index contributed by atoms with van der Waals surface area (Å²) >= 11 is 0. The molecular weight excluding hydrogens is 365 g/mol. The number of amides is 1. The van der Waals surface area contributed by atoms with E-state index < -0.39 is 23.7 Å². The van der Waals surface area contributed by atoms with Crippen LogP contribution < -0.4 is 5.32 Å². The van der Waals surface area contributed by atoms with Crippen LogP contribution in [-0.2, 0) is 15.7 Å². The molecule has 1 amide bonds. The van der Waals surface area contributed by atoms with Crippen molar-refractivity contribution in [3.8, 4) is 0 Å². The maximum atomic E-state index is 13.4. The van der Waals surface area contributed by atoms with E-state index in [-0.39, 0.29) is 29.6 Å². The number of fused-ring (bicyclic) bond motifs is 1. The SMILES string of the molecule is CCOC(=O)/C=C(\C)NC(=O)c1cc2nc(C3CC3)cc(C(F)(F)F)n2n1. The third-order valence-electron chi connectivity index (χ3n) is 3.90. The number of ether oxygens (including phenoxy) is 1. The summed E-state index contributed by atoms with van der Waals surface area (Å²) < 4.78 is 45.4. The van der Waals surface area contributed by atoms with E-state index >= 15 is 0 Å². The molecule has 27 heavy (non-hydrogen) atoms. The quantitative estimate of drug-likeness (QED) is 0.635. The Kier molecular flexibility index (Phi) is 4.90. The van der Waals surface area contributed by atoms with Crippen LogP contribution in [0.1, 0.15) is 54.5 Å². The molecule has 1 aliphatic carbocycles. The smallest absolute Gasteiger partial charge is 0.433 e. The van der Waals surface area contributed by atoms with Crippen LogP contribution >= 0.6 is 0 Å². The molecule has 2 heterocycles. The Morgan fingerprint density at radius 3 is 2.67 bits per heavy atom. The summed E-state index contributed by atoms with van der Waals surface area (Å²) in [4.78, 5) is 27.8. The molecule has 0 saturated heterocycles. The van der Waals surface area contributed by atoms with Crippen molar-refractivity contribution in [1.82, 2.24) is 19.9 Å². The van der Waals surface area contributed by atoms with Gasteiger partial charge in [0.2, 0.25) is 0 Å². The van der Waals surface area contributed by atoms with Crippen LogP contribution in [0.15, 0.2) is 23.9 Å². The van der Waals surface area contributed by atoms with Crippen LogP contribution in [0.3, 0.4) is 0 Å². The third-order valence-corrected chi connectivity index (χ3v) is 3.90. The van der Waals surface area contributed by atoms with Crippen LogP contribution in [-0.4, -0.2) is 33.1 Å². The van der Waals surface area contributed by atoms with Crippen molar-refractivity contribution in [3.05, 3.63) is 41.0 Å². The van der Waals surface area contributed by atoms with Gasteiger partial charge in [0.05, 0.1) is 6.61 Å². The molecule has 2 aromatic heterocycles. The number of carbonyl (C=O) groups is 2. The Labute approximate surface area is 152 Å². The number of hydrogen-bond donors (Lipinski definition) is 1. The largest absolute Gasteiger partial charge is 0.463 e. The minimum Gasteiger partial charge on any atom is -0.463 e. The van der Waals surface area contributed by atoms with Gasteiger partial charge in [-0.15, -0.1) is 0 Å². The monoisotopic (exact) mass is 382 g/mol. The zero-order valence-electron chi connectivity index (χ0n) is 14.6.